The highest BCUT2D eigenvalue weighted by molar-refractivity contribution is 5.83. The maximum absolute atomic E-state index is 12.6. The number of nitrogens with one attached hydrogen (secondary N) is 2. The normalized spacial score (nSPS) is 23.8. The number of carboxylic acid groups (broad SMARTS) is 1. The first kappa shape index (κ1) is 22.2. The van der Waals surface area contributed by atoms with Gasteiger partial charge in [0.1, 0.15) is 11.9 Å². The molecule has 12 heteroatoms. The third-order valence-corrected chi connectivity index (χ3v) is 4.90. The highest BCUT2D eigenvalue weighted by atomic mass is 16.6. The number of carbonyl (C=O) groups is 2. The Kier molecular flexibility index (Phi) is 6.53. The molecule has 0 aliphatic carbocycles. The number of ether oxygens (including phenoxy) is 2. The molecular weight excluding hydrogens is 412 g/mol. The number of nitrogens with zero attached hydrogens (tertiary/aromatic N) is 1. The summed E-state index contributed by atoms with van der Waals surface area (Å²) in [6.45, 7) is 0. The van der Waals surface area contributed by atoms with Crippen LogP contribution in [0.25, 0.3) is 0 Å². The van der Waals surface area contributed by atoms with Gasteiger partial charge in [-0.2, -0.15) is 0 Å². The van der Waals surface area contributed by atoms with Gasteiger partial charge in [0, 0.05) is 12.3 Å². The van der Waals surface area contributed by atoms with Crippen molar-refractivity contribution in [1.82, 2.24) is 14.9 Å². The molecule has 1 saturated heterocycles. The maximum atomic E-state index is 12.6. The van der Waals surface area contributed by atoms with Gasteiger partial charge >= 0.3 is 11.7 Å². The van der Waals surface area contributed by atoms with E-state index in [4.69, 9.17) is 15.2 Å². The summed E-state index contributed by atoms with van der Waals surface area (Å²) >= 11 is 0. The molecule has 1 fully saturated rings. The predicted molar refractivity (Wildman–Crippen MR) is 105 cm³/mol. The van der Waals surface area contributed by atoms with E-state index in [9.17, 15) is 29.4 Å². The van der Waals surface area contributed by atoms with Crippen molar-refractivity contribution in [1.29, 1.82) is 0 Å². The van der Waals surface area contributed by atoms with Crippen molar-refractivity contribution in [2.75, 3.05) is 7.11 Å². The highest BCUT2D eigenvalue weighted by Gasteiger charge is 2.49. The number of methoxy groups -OCH3 is 1. The first-order valence-corrected chi connectivity index (χ1v) is 9.28. The molecule has 1 aromatic carbocycles. The van der Waals surface area contributed by atoms with Crippen LogP contribution in [-0.2, 0) is 20.7 Å². The van der Waals surface area contributed by atoms with Crippen molar-refractivity contribution in [3.05, 3.63) is 62.9 Å². The Morgan fingerprint density at radius 3 is 2.55 bits per heavy atom. The van der Waals surface area contributed by atoms with Crippen LogP contribution in [0.5, 0.6) is 5.75 Å². The largest absolute Gasteiger partial charge is 0.497 e. The van der Waals surface area contributed by atoms with Gasteiger partial charge in [0.05, 0.1) is 19.2 Å². The van der Waals surface area contributed by atoms with Gasteiger partial charge in [0.15, 0.2) is 12.3 Å². The van der Waals surface area contributed by atoms with Gasteiger partial charge < -0.3 is 30.7 Å². The molecule has 2 heterocycles. The van der Waals surface area contributed by atoms with E-state index in [1.54, 1.807) is 24.3 Å². The number of amides is 1. The van der Waals surface area contributed by atoms with Gasteiger partial charge in [-0.3, -0.25) is 19.1 Å². The van der Waals surface area contributed by atoms with E-state index in [2.05, 4.69) is 5.32 Å². The minimum atomic E-state index is -1.64. The molecule has 0 bridgehead atoms. The minimum absolute atomic E-state index is 0.153. The van der Waals surface area contributed by atoms with Crippen molar-refractivity contribution in [2.24, 2.45) is 5.73 Å². The zero-order valence-electron chi connectivity index (χ0n) is 16.4. The van der Waals surface area contributed by atoms with Gasteiger partial charge in [0.25, 0.3) is 5.56 Å². The number of aliphatic hydroxyl groups is 1. The number of aromatic amines is 1. The number of carbonyl (C=O) groups excluding carboxylic acids is 1. The maximum Gasteiger partial charge on any atom is 0.335 e. The van der Waals surface area contributed by atoms with E-state index >= 15 is 0 Å². The van der Waals surface area contributed by atoms with Crippen molar-refractivity contribution in [2.45, 2.75) is 36.9 Å². The third-order valence-electron chi connectivity index (χ3n) is 4.90. The molecule has 166 valence electrons. The van der Waals surface area contributed by atoms with Crippen molar-refractivity contribution < 1.29 is 29.3 Å². The summed E-state index contributed by atoms with van der Waals surface area (Å²) in [7, 11) is 1.52. The van der Waals surface area contributed by atoms with Crippen LogP contribution < -0.4 is 27.0 Å². The Balaban J connectivity index is 1.74. The lowest BCUT2D eigenvalue weighted by atomic mass is 10.0. The Hall–Kier alpha value is -3.48. The first-order valence-electron chi connectivity index (χ1n) is 9.28. The summed E-state index contributed by atoms with van der Waals surface area (Å²) in [6.07, 6.45) is -3.46. The molecule has 12 nitrogen and oxygen atoms in total. The average Bonchev–Trinajstić information content (AvgIpc) is 3.05. The van der Waals surface area contributed by atoms with Gasteiger partial charge in [-0.15, -0.1) is 0 Å². The Morgan fingerprint density at radius 1 is 1.29 bits per heavy atom. The van der Waals surface area contributed by atoms with Crippen LogP contribution in [0.3, 0.4) is 0 Å². The fraction of sp³-hybridized carbons (Fsp3) is 0.368. The molecule has 1 aliphatic rings. The summed E-state index contributed by atoms with van der Waals surface area (Å²) < 4.78 is 11.2. The average molecular weight is 434 g/mol. The fourth-order valence-electron chi connectivity index (χ4n) is 3.28. The van der Waals surface area contributed by atoms with Crippen molar-refractivity contribution >= 4 is 11.9 Å². The van der Waals surface area contributed by atoms with Gasteiger partial charge in [0.2, 0.25) is 5.91 Å². The second-order valence-corrected chi connectivity index (χ2v) is 6.99. The number of benzene rings is 1. The van der Waals surface area contributed by atoms with Crippen LogP contribution >= 0.6 is 0 Å². The number of aliphatic hydroxyl groups excluding tert-OH is 1. The zero-order chi connectivity index (χ0) is 22.7. The molecule has 1 aliphatic heterocycles. The minimum Gasteiger partial charge on any atom is -0.497 e. The number of carboxylic acids is 1. The molecule has 6 N–H and O–H groups in total. The highest BCUT2D eigenvalue weighted by Crippen LogP contribution is 2.28. The number of nitrogens with two attached hydrogens (primary N) is 1. The molecule has 0 radical (unpaired) electrons. The quantitative estimate of drug-likeness (QED) is 0.327. The zero-order valence-corrected chi connectivity index (χ0v) is 16.4. The SMILES string of the molecule is COc1ccc(C[C@H](N)C(=O)N[C@H]2[C@@H](O)[C@H](n3ccc(=O)[nH]c3=O)O[C@@H]2C(=O)O)cc1. The molecule has 0 saturated carbocycles. The Labute approximate surface area is 175 Å². The van der Waals surface area contributed by atoms with Crippen LogP contribution in [0.1, 0.15) is 11.8 Å². The molecule has 31 heavy (non-hydrogen) atoms. The molecule has 2 aromatic rings. The lowest BCUT2D eigenvalue weighted by Gasteiger charge is -2.22. The third kappa shape index (κ3) is 4.82. The van der Waals surface area contributed by atoms with E-state index in [1.807, 2.05) is 4.98 Å². The number of H-pyrrole nitrogens is 1. The molecule has 0 unspecified atom stereocenters. The Bertz CT molecular complexity index is 1060. The van der Waals surface area contributed by atoms with E-state index in [0.717, 1.165) is 22.4 Å². The topological polar surface area (TPSA) is 186 Å². The number of hydrogen-bond acceptors (Lipinski definition) is 8. The van der Waals surface area contributed by atoms with E-state index in [-0.39, 0.29) is 6.42 Å². The number of hydrogen-bond donors (Lipinski definition) is 5. The number of rotatable bonds is 7. The molecule has 1 aromatic heterocycles. The van der Waals surface area contributed by atoms with Crippen LogP contribution in [0.2, 0.25) is 0 Å². The number of aromatic nitrogens is 2. The number of aliphatic carboxylic acids is 1. The molecule has 1 amide bonds. The van der Waals surface area contributed by atoms with Crippen LogP contribution in [0, 0.1) is 0 Å². The first-order chi connectivity index (χ1) is 14.7. The molecule has 5 atom stereocenters. The fourth-order valence-corrected chi connectivity index (χ4v) is 3.28. The summed E-state index contributed by atoms with van der Waals surface area (Å²) in [6, 6.07) is 5.49. The Morgan fingerprint density at radius 2 is 1.97 bits per heavy atom. The summed E-state index contributed by atoms with van der Waals surface area (Å²) in [4.78, 5) is 49.4. The van der Waals surface area contributed by atoms with Crippen molar-refractivity contribution in [3.63, 3.8) is 0 Å². The standard InChI is InChI=1S/C19H22N4O8/c1-30-10-4-2-9(3-5-10)8-11(20)16(26)22-13-14(25)17(31-15(13)18(27)28)23-7-6-12(24)21-19(23)29/h2-7,11,13-15,17,25H,8,20H2,1H3,(H,22,26)(H,27,28)(H,21,24,29)/t11-,13-,14+,15-,17+/m0/s1. The van der Waals surface area contributed by atoms with E-state index in [1.165, 1.54) is 7.11 Å². The van der Waals surface area contributed by atoms with Gasteiger partial charge in [-0.1, -0.05) is 12.1 Å². The smallest absolute Gasteiger partial charge is 0.335 e. The molecule has 0 spiro atoms. The summed E-state index contributed by atoms with van der Waals surface area (Å²) in [5.41, 5.74) is 5.12. The second kappa shape index (κ2) is 9.12. The van der Waals surface area contributed by atoms with Crippen LogP contribution in [-0.4, -0.2) is 63.0 Å². The van der Waals surface area contributed by atoms with Crippen LogP contribution in [0.15, 0.2) is 46.1 Å². The van der Waals surface area contributed by atoms with Crippen molar-refractivity contribution in [3.8, 4) is 5.75 Å². The lowest BCUT2D eigenvalue weighted by Crippen LogP contribution is -2.54. The van der Waals surface area contributed by atoms with E-state index in [0.29, 0.717) is 5.75 Å². The lowest BCUT2D eigenvalue weighted by molar-refractivity contribution is -0.153. The molecular formula is C19H22N4O8. The monoisotopic (exact) mass is 434 g/mol. The molecule has 3 rings (SSSR count). The van der Waals surface area contributed by atoms with E-state index < -0.39 is 53.6 Å². The second-order valence-electron chi connectivity index (χ2n) is 6.99. The summed E-state index contributed by atoms with van der Waals surface area (Å²) in [5.74, 6) is -1.52. The van der Waals surface area contributed by atoms with Gasteiger partial charge in [-0.05, 0) is 24.1 Å². The summed E-state index contributed by atoms with van der Waals surface area (Å²) in [5, 5.41) is 22.4. The van der Waals surface area contributed by atoms with Crippen LogP contribution in [0.4, 0.5) is 0 Å². The predicted octanol–water partition coefficient (Wildman–Crippen LogP) is -2.06. The van der Waals surface area contributed by atoms with Gasteiger partial charge in [-0.25, -0.2) is 9.59 Å².